The van der Waals surface area contributed by atoms with E-state index in [2.05, 4.69) is 16.8 Å². The van der Waals surface area contributed by atoms with Gasteiger partial charge in [-0.15, -0.1) is 0 Å². The topological polar surface area (TPSA) is 6.48 Å². The van der Waals surface area contributed by atoms with Gasteiger partial charge in [0.05, 0.1) is 0 Å². The van der Waals surface area contributed by atoms with Crippen LogP contribution in [0, 0.1) is 0 Å². The monoisotopic (exact) mass is 172 g/mol. The molecule has 0 aromatic carbocycles. The SMILES string of the molecule is CN1CCN(CCF)CC12CC2. The number of piperazine rings is 1. The number of likely N-dealkylation sites (N-methyl/N-ethyl adjacent to an activating group) is 1. The molecule has 3 heteroatoms. The van der Waals surface area contributed by atoms with Crippen LogP contribution in [-0.4, -0.2) is 55.2 Å². The van der Waals surface area contributed by atoms with Crippen molar-refractivity contribution in [2.45, 2.75) is 18.4 Å². The Balaban J connectivity index is 1.90. The van der Waals surface area contributed by atoms with Crippen LogP contribution in [0.15, 0.2) is 0 Å². The van der Waals surface area contributed by atoms with Crippen molar-refractivity contribution in [1.82, 2.24) is 9.80 Å². The van der Waals surface area contributed by atoms with Gasteiger partial charge >= 0.3 is 0 Å². The predicted molar refractivity (Wildman–Crippen MR) is 47.0 cm³/mol. The highest BCUT2D eigenvalue weighted by molar-refractivity contribution is 5.07. The summed E-state index contributed by atoms with van der Waals surface area (Å²) in [5.41, 5.74) is 0.452. The minimum atomic E-state index is -0.195. The summed E-state index contributed by atoms with van der Waals surface area (Å²) < 4.78 is 12.1. The first-order valence-electron chi connectivity index (χ1n) is 4.76. The molecule has 1 aliphatic heterocycles. The highest BCUT2D eigenvalue weighted by atomic mass is 19.1. The van der Waals surface area contributed by atoms with E-state index in [0.717, 1.165) is 19.6 Å². The van der Waals surface area contributed by atoms with Gasteiger partial charge in [0.25, 0.3) is 0 Å². The summed E-state index contributed by atoms with van der Waals surface area (Å²) in [5, 5.41) is 0. The minimum absolute atomic E-state index is 0.195. The first-order chi connectivity index (χ1) is 5.77. The summed E-state index contributed by atoms with van der Waals surface area (Å²) in [7, 11) is 2.19. The Labute approximate surface area is 73.3 Å². The van der Waals surface area contributed by atoms with E-state index < -0.39 is 0 Å². The van der Waals surface area contributed by atoms with E-state index in [9.17, 15) is 4.39 Å². The van der Waals surface area contributed by atoms with Gasteiger partial charge in [-0.05, 0) is 19.9 Å². The van der Waals surface area contributed by atoms with Crippen LogP contribution >= 0.6 is 0 Å². The Morgan fingerprint density at radius 2 is 2.08 bits per heavy atom. The fourth-order valence-corrected chi connectivity index (χ4v) is 2.14. The van der Waals surface area contributed by atoms with E-state index in [1.807, 2.05) is 0 Å². The zero-order valence-corrected chi connectivity index (χ0v) is 7.72. The number of hydrogen-bond acceptors (Lipinski definition) is 2. The van der Waals surface area contributed by atoms with Gasteiger partial charge in [0.15, 0.2) is 0 Å². The summed E-state index contributed by atoms with van der Waals surface area (Å²) >= 11 is 0. The molecule has 2 nitrogen and oxygen atoms in total. The highest BCUT2D eigenvalue weighted by Crippen LogP contribution is 2.42. The van der Waals surface area contributed by atoms with Crippen LogP contribution in [0.25, 0.3) is 0 Å². The van der Waals surface area contributed by atoms with E-state index in [1.54, 1.807) is 0 Å². The fraction of sp³-hybridized carbons (Fsp3) is 1.00. The molecule has 2 fully saturated rings. The first kappa shape index (κ1) is 8.45. The molecule has 0 N–H and O–H groups in total. The highest BCUT2D eigenvalue weighted by Gasteiger charge is 2.49. The number of hydrogen-bond donors (Lipinski definition) is 0. The van der Waals surface area contributed by atoms with E-state index in [1.165, 1.54) is 12.8 Å². The third-order valence-electron chi connectivity index (χ3n) is 3.31. The molecule has 12 heavy (non-hydrogen) atoms. The van der Waals surface area contributed by atoms with Gasteiger partial charge in [-0.25, -0.2) is 4.39 Å². The lowest BCUT2D eigenvalue weighted by atomic mass is 10.1. The molecule has 0 bridgehead atoms. The van der Waals surface area contributed by atoms with Gasteiger partial charge in [0, 0.05) is 31.7 Å². The third-order valence-corrected chi connectivity index (χ3v) is 3.31. The zero-order chi connectivity index (χ0) is 8.60. The van der Waals surface area contributed by atoms with Crippen LogP contribution in [0.2, 0.25) is 0 Å². The van der Waals surface area contributed by atoms with E-state index in [0.29, 0.717) is 12.1 Å². The Bertz CT molecular complexity index is 168. The van der Waals surface area contributed by atoms with Crippen molar-refractivity contribution in [2.24, 2.45) is 0 Å². The quantitative estimate of drug-likeness (QED) is 0.606. The normalized spacial score (nSPS) is 29.5. The summed E-state index contributed by atoms with van der Waals surface area (Å²) in [6.45, 7) is 3.69. The maximum atomic E-state index is 12.1. The first-order valence-corrected chi connectivity index (χ1v) is 4.76. The largest absolute Gasteiger partial charge is 0.298 e. The van der Waals surface area contributed by atoms with E-state index in [-0.39, 0.29) is 6.67 Å². The number of alkyl halides is 1. The molecule has 1 heterocycles. The van der Waals surface area contributed by atoms with E-state index >= 15 is 0 Å². The molecule has 0 atom stereocenters. The summed E-state index contributed by atoms with van der Waals surface area (Å²) in [6, 6.07) is 0. The molecule has 0 unspecified atom stereocenters. The van der Waals surface area contributed by atoms with E-state index in [4.69, 9.17) is 0 Å². The van der Waals surface area contributed by atoms with Crippen molar-refractivity contribution in [3.05, 3.63) is 0 Å². The van der Waals surface area contributed by atoms with Crippen LogP contribution in [0.5, 0.6) is 0 Å². The van der Waals surface area contributed by atoms with Gasteiger partial charge < -0.3 is 0 Å². The van der Waals surface area contributed by atoms with Crippen molar-refractivity contribution in [1.29, 1.82) is 0 Å². The lowest BCUT2D eigenvalue weighted by Gasteiger charge is -2.39. The molecule has 70 valence electrons. The molecule has 0 aromatic heterocycles. The molecule has 1 spiro atoms. The maximum absolute atomic E-state index is 12.1. The zero-order valence-electron chi connectivity index (χ0n) is 7.72. The lowest BCUT2D eigenvalue weighted by molar-refractivity contribution is 0.0765. The van der Waals surface area contributed by atoms with Crippen LogP contribution in [0.4, 0.5) is 4.39 Å². The number of nitrogens with zero attached hydrogens (tertiary/aromatic N) is 2. The van der Waals surface area contributed by atoms with Crippen molar-refractivity contribution in [2.75, 3.05) is 39.9 Å². The molecular weight excluding hydrogens is 155 g/mol. The lowest BCUT2D eigenvalue weighted by Crippen LogP contribution is -2.53. The standard InChI is InChI=1S/C9H17FN2/c1-11-6-7-12(5-4-10)8-9(11)2-3-9/h2-8H2,1H3. The van der Waals surface area contributed by atoms with Crippen LogP contribution in [-0.2, 0) is 0 Å². The average molecular weight is 172 g/mol. The molecule has 0 aromatic rings. The second-order valence-electron chi connectivity index (χ2n) is 4.11. The second kappa shape index (κ2) is 2.96. The Morgan fingerprint density at radius 1 is 1.33 bits per heavy atom. The molecule has 1 saturated carbocycles. The van der Waals surface area contributed by atoms with Gasteiger partial charge in [0.2, 0.25) is 0 Å². The molecule has 0 radical (unpaired) electrons. The van der Waals surface area contributed by atoms with Gasteiger partial charge in [0.1, 0.15) is 6.67 Å². The summed E-state index contributed by atoms with van der Waals surface area (Å²) in [5.74, 6) is 0. The van der Waals surface area contributed by atoms with Crippen molar-refractivity contribution in [3.63, 3.8) is 0 Å². The van der Waals surface area contributed by atoms with Crippen molar-refractivity contribution >= 4 is 0 Å². The van der Waals surface area contributed by atoms with Crippen molar-refractivity contribution in [3.8, 4) is 0 Å². The molecule has 1 saturated heterocycles. The van der Waals surface area contributed by atoms with Crippen molar-refractivity contribution < 1.29 is 4.39 Å². The number of rotatable bonds is 2. The van der Waals surface area contributed by atoms with Gasteiger partial charge in [-0.1, -0.05) is 0 Å². The second-order valence-corrected chi connectivity index (χ2v) is 4.11. The molecule has 2 aliphatic rings. The molecule has 0 amide bonds. The van der Waals surface area contributed by atoms with Crippen LogP contribution < -0.4 is 0 Å². The molecular formula is C9H17FN2. The summed E-state index contributed by atoms with van der Waals surface area (Å²) in [6.07, 6.45) is 2.62. The predicted octanol–water partition coefficient (Wildman–Crippen LogP) is 0.736. The molecule has 1 aliphatic carbocycles. The molecule has 2 rings (SSSR count). The summed E-state index contributed by atoms with van der Waals surface area (Å²) in [4.78, 5) is 4.70. The average Bonchev–Trinajstić information content (AvgIpc) is 2.80. The van der Waals surface area contributed by atoms with Gasteiger partial charge in [-0.3, -0.25) is 9.80 Å². The Morgan fingerprint density at radius 3 is 2.67 bits per heavy atom. The van der Waals surface area contributed by atoms with Crippen LogP contribution in [0.3, 0.4) is 0 Å². The smallest absolute Gasteiger partial charge is 0.102 e. The Kier molecular flexibility index (Phi) is 2.09. The fourth-order valence-electron chi connectivity index (χ4n) is 2.14. The minimum Gasteiger partial charge on any atom is -0.298 e. The maximum Gasteiger partial charge on any atom is 0.102 e. The Hall–Kier alpha value is -0.150. The van der Waals surface area contributed by atoms with Gasteiger partial charge in [-0.2, -0.15) is 0 Å². The number of halogens is 1. The third kappa shape index (κ3) is 1.36. The van der Waals surface area contributed by atoms with Crippen LogP contribution in [0.1, 0.15) is 12.8 Å².